The molecule has 1 aliphatic rings. The number of rotatable bonds is 8. The Bertz CT molecular complexity index is 1050. The lowest BCUT2D eigenvalue weighted by Gasteiger charge is -2.18. The van der Waals surface area contributed by atoms with Crippen LogP contribution in [-0.4, -0.2) is 45.3 Å². The van der Waals surface area contributed by atoms with Gasteiger partial charge >= 0.3 is 0 Å². The van der Waals surface area contributed by atoms with Gasteiger partial charge in [-0.25, -0.2) is 13.1 Å². The minimum Gasteiger partial charge on any atom is -0.336 e. The second kappa shape index (κ2) is 10.1. The van der Waals surface area contributed by atoms with Crippen LogP contribution < -0.4 is 10.0 Å². The van der Waals surface area contributed by atoms with Crippen molar-refractivity contribution in [1.82, 2.24) is 9.62 Å². The molecule has 31 heavy (non-hydrogen) atoms. The van der Waals surface area contributed by atoms with E-state index in [2.05, 4.69) is 10.0 Å². The van der Waals surface area contributed by atoms with E-state index in [0.717, 1.165) is 36.8 Å². The summed E-state index contributed by atoms with van der Waals surface area (Å²) in [4.78, 5) is 25.9. The van der Waals surface area contributed by atoms with Crippen LogP contribution in [-0.2, 0) is 32.5 Å². The molecule has 0 fully saturated rings. The van der Waals surface area contributed by atoms with E-state index >= 15 is 0 Å². The summed E-state index contributed by atoms with van der Waals surface area (Å²) in [7, 11) is -2.16. The summed E-state index contributed by atoms with van der Waals surface area (Å²) in [6.07, 6.45) is 4.06. The molecule has 0 aliphatic heterocycles. The summed E-state index contributed by atoms with van der Waals surface area (Å²) in [5.74, 6) is -0.624. The topological polar surface area (TPSA) is 95.6 Å². The average molecular weight is 444 g/mol. The predicted molar refractivity (Wildman–Crippen MR) is 120 cm³/mol. The van der Waals surface area contributed by atoms with Gasteiger partial charge in [0.2, 0.25) is 21.8 Å². The first-order valence-electron chi connectivity index (χ1n) is 10.5. The number of anilines is 1. The van der Waals surface area contributed by atoms with Gasteiger partial charge in [0, 0.05) is 25.7 Å². The maximum Gasteiger partial charge on any atom is 0.243 e. The van der Waals surface area contributed by atoms with Gasteiger partial charge in [-0.05, 0) is 68.0 Å². The maximum atomic E-state index is 12.6. The molecule has 0 radical (unpaired) electrons. The summed E-state index contributed by atoms with van der Waals surface area (Å²) in [6, 6.07) is 12.6. The van der Waals surface area contributed by atoms with E-state index in [1.807, 2.05) is 25.1 Å². The molecule has 0 atom stereocenters. The number of amides is 2. The zero-order chi connectivity index (χ0) is 22.4. The van der Waals surface area contributed by atoms with E-state index in [9.17, 15) is 18.0 Å². The van der Waals surface area contributed by atoms with E-state index in [-0.39, 0.29) is 36.2 Å². The summed E-state index contributed by atoms with van der Waals surface area (Å²) in [5.41, 5.74) is 4.05. The van der Waals surface area contributed by atoms with Gasteiger partial charge in [0.05, 0.1) is 11.4 Å². The van der Waals surface area contributed by atoms with Gasteiger partial charge in [-0.2, -0.15) is 0 Å². The number of benzene rings is 2. The Kier molecular flexibility index (Phi) is 7.46. The van der Waals surface area contributed by atoms with Gasteiger partial charge in [-0.3, -0.25) is 9.59 Å². The third kappa shape index (κ3) is 6.38. The molecular formula is C23H29N3O4S. The summed E-state index contributed by atoms with van der Waals surface area (Å²) >= 11 is 0. The van der Waals surface area contributed by atoms with E-state index in [4.69, 9.17) is 0 Å². The Hall–Kier alpha value is -2.71. The van der Waals surface area contributed by atoms with Crippen LogP contribution in [0.15, 0.2) is 47.4 Å². The molecule has 7 nitrogen and oxygen atoms in total. The molecule has 0 saturated carbocycles. The highest BCUT2D eigenvalue weighted by atomic mass is 32.2. The van der Waals surface area contributed by atoms with Crippen molar-refractivity contribution >= 4 is 27.5 Å². The van der Waals surface area contributed by atoms with Crippen LogP contribution in [0.4, 0.5) is 5.69 Å². The van der Waals surface area contributed by atoms with Gasteiger partial charge in [0.25, 0.3) is 0 Å². The Morgan fingerprint density at radius 3 is 2.39 bits per heavy atom. The first-order chi connectivity index (χ1) is 14.7. The molecule has 0 saturated heterocycles. The van der Waals surface area contributed by atoms with Gasteiger partial charge in [-0.15, -0.1) is 0 Å². The minimum absolute atomic E-state index is 0.0256. The largest absolute Gasteiger partial charge is 0.336 e. The summed E-state index contributed by atoms with van der Waals surface area (Å²) in [5, 5.41) is 2.74. The van der Waals surface area contributed by atoms with Gasteiger partial charge in [-0.1, -0.05) is 23.8 Å². The third-order valence-corrected chi connectivity index (χ3v) is 6.86. The van der Waals surface area contributed by atoms with Crippen LogP contribution >= 0.6 is 0 Å². The second-order valence-electron chi connectivity index (χ2n) is 7.95. The van der Waals surface area contributed by atoms with Crippen molar-refractivity contribution in [3.63, 3.8) is 0 Å². The lowest BCUT2D eigenvalue weighted by atomic mass is 9.92. The first kappa shape index (κ1) is 23.0. The quantitative estimate of drug-likeness (QED) is 0.656. The van der Waals surface area contributed by atoms with Crippen molar-refractivity contribution in [2.45, 2.75) is 43.9 Å². The lowest BCUT2D eigenvalue weighted by molar-refractivity contribution is -0.133. The molecule has 0 unspecified atom stereocenters. The van der Waals surface area contributed by atoms with Gasteiger partial charge in [0.15, 0.2) is 0 Å². The first-order valence-corrected chi connectivity index (χ1v) is 11.9. The number of nitrogens with one attached hydrogen (secondary N) is 2. The monoisotopic (exact) mass is 443 g/mol. The number of likely N-dealkylation sites (N-methyl/N-ethyl adjacent to an activating group) is 1. The average Bonchev–Trinajstić information content (AvgIpc) is 2.74. The number of hydrogen-bond donors (Lipinski definition) is 2. The molecule has 0 aromatic heterocycles. The number of aryl methyl sites for hydroxylation is 3. The van der Waals surface area contributed by atoms with E-state index < -0.39 is 10.0 Å². The van der Waals surface area contributed by atoms with Crippen molar-refractivity contribution in [2.24, 2.45) is 0 Å². The third-order valence-electron chi connectivity index (χ3n) is 5.40. The number of hydrogen-bond acceptors (Lipinski definition) is 4. The Labute approximate surface area is 183 Å². The molecule has 2 aromatic carbocycles. The van der Waals surface area contributed by atoms with Crippen molar-refractivity contribution in [3.8, 4) is 0 Å². The summed E-state index contributed by atoms with van der Waals surface area (Å²) < 4.78 is 27.6. The zero-order valence-electron chi connectivity index (χ0n) is 18.0. The van der Waals surface area contributed by atoms with Crippen LogP contribution in [0.25, 0.3) is 0 Å². The number of carbonyl (C=O) groups is 2. The molecule has 0 spiro atoms. The fourth-order valence-electron chi connectivity index (χ4n) is 3.58. The normalized spacial score (nSPS) is 13.4. The van der Waals surface area contributed by atoms with Crippen molar-refractivity contribution in [1.29, 1.82) is 0 Å². The number of sulfonamides is 1. The molecule has 8 heteroatoms. The van der Waals surface area contributed by atoms with Gasteiger partial charge in [0.1, 0.15) is 0 Å². The molecule has 0 heterocycles. The van der Waals surface area contributed by atoms with Crippen LogP contribution in [0.1, 0.15) is 36.0 Å². The van der Waals surface area contributed by atoms with E-state index in [0.29, 0.717) is 5.69 Å². The Morgan fingerprint density at radius 2 is 1.68 bits per heavy atom. The van der Waals surface area contributed by atoms with Gasteiger partial charge < -0.3 is 10.2 Å². The smallest absolute Gasteiger partial charge is 0.243 e. The summed E-state index contributed by atoms with van der Waals surface area (Å²) in [6.45, 7) is 1.82. The maximum absolute atomic E-state index is 12.6. The van der Waals surface area contributed by atoms with Crippen LogP contribution in [0.5, 0.6) is 0 Å². The number of carbonyl (C=O) groups excluding carboxylic acids is 2. The van der Waals surface area contributed by atoms with E-state index in [1.165, 1.54) is 17.5 Å². The van der Waals surface area contributed by atoms with Crippen LogP contribution in [0.2, 0.25) is 0 Å². The van der Waals surface area contributed by atoms with Crippen molar-refractivity contribution in [2.75, 3.05) is 25.5 Å². The Balaban J connectivity index is 1.47. The molecule has 2 aromatic rings. The molecule has 166 valence electrons. The molecule has 0 bridgehead atoms. The minimum atomic E-state index is -3.68. The zero-order valence-corrected chi connectivity index (χ0v) is 18.8. The second-order valence-corrected chi connectivity index (χ2v) is 9.72. The lowest BCUT2D eigenvalue weighted by Crippen LogP contribution is -2.37. The molecule has 2 amide bonds. The van der Waals surface area contributed by atoms with E-state index in [1.54, 1.807) is 24.3 Å². The highest BCUT2D eigenvalue weighted by Gasteiger charge is 2.19. The molecule has 2 N–H and O–H groups in total. The predicted octanol–water partition coefficient (Wildman–Crippen LogP) is 2.64. The molecule has 1 aliphatic carbocycles. The number of nitrogens with zero attached hydrogens (tertiary/aromatic N) is 1. The molecular weight excluding hydrogens is 414 g/mol. The van der Waals surface area contributed by atoms with Crippen LogP contribution in [0, 0.1) is 6.92 Å². The fraction of sp³-hybridized carbons (Fsp3) is 0.391. The highest BCUT2D eigenvalue weighted by Crippen LogP contribution is 2.24. The SMILES string of the molecule is Cc1ccc(NC(=O)CN(C)C(=O)CCNS(=O)(=O)c2ccc3c(c2)CCCC3)cc1. The molecule has 3 rings (SSSR count). The number of fused-ring (bicyclic) bond motifs is 1. The van der Waals surface area contributed by atoms with Crippen LogP contribution in [0.3, 0.4) is 0 Å². The highest BCUT2D eigenvalue weighted by molar-refractivity contribution is 7.89. The van der Waals surface area contributed by atoms with Crippen molar-refractivity contribution in [3.05, 3.63) is 59.2 Å². The standard InChI is InChI=1S/C23H29N3O4S/c1-17-7-10-20(11-8-17)25-22(27)16-26(2)23(28)13-14-24-31(29,30)21-12-9-18-5-3-4-6-19(18)15-21/h7-12,15,24H,3-6,13-14,16H2,1-2H3,(H,25,27). The fourth-order valence-corrected chi connectivity index (χ4v) is 4.67. The van der Waals surface area contributed by atoms with Crippen molar-refractivity contribution < 1.29 is 18.0 Å². The Morgan fingerprint density at radius 1 is 1.00 bits per heavy atom.